The first kappa shape index (κ1) is 21.6. The van der Waals surface area contributed by atoms with E-state index in [1.54, 1.807) is 0 Å². The molecule has 1 aliphatic heterocycles. The van der Waals surface area contributed by atoms with E-state index in [1.165, 1.54) is 96.4 Å². The first-order chi connectivity index (χ1) is 14.1. The molecular weight excluding hydrogens is 360 g/mol. The summed E-state index contributed by atoms with van der Waals surface area (Å²) in [4.78, 5) is 14.0. The number of nitrogens with two attached hydrogens (primary N) is 1. The number of rotatable bonds is 7. The lowest BCUT2D eigenvalue weighted by Crippen LogP contribution is -2.46. The van der Waals surface area contributed by atoms with Gasteiger partial charge in [0.15, 0.2) is 0 Å². The lowest BCUT2D eigenvalue weighted by molar-refractivity contribution is -0.137. The van der Waals surface area contributed by atoms with E-state index in [1.807, 2.05) is 0 Å². The van der Waals surface area contributed by atoms with E-state index in [-0.39, 0.29) is 0 Å². The second kappa shape index (κ2) is 10.1. The highest BCUT2D eigenvalue weighted by Gasteiger charge is 2.47. The maximum atomic E-state index is 11.1. The Labute approximate surface area is 178 Å². The van der Waals surface area contributed by atoms with Gasteiger partial charge in [0.25, 0.3) is 0 Å². The van der Waals surface area contributed by atoms with Crippen LogP contribution in [0.25, 0.3) is 0 Å². The van der Waals surface area contributed by atoms with Crippen molar-refractivity contribution in [2.24, 2.45) is 29.4 Å². The minimum atomic E-state index is -0.618. The summed E-state index contributed by atoms with van der Waals surface area (Å²) in [6.07, 6.45) is 20.2. The summed E-state index contributed by atoms with van der Waals surface area (Å²) in [5, 5.41) is 9.13. The second-order valence-corrected chi connectivity index (χ2v) is 10.9. The Balaban J connectivity index is 1.38. The molecule has 0 bridgehead atoms. The summed E-state index contributed by atoms with van der Waals surface area (Å²) in [6.45, 7) is 1.31. The molecule has 0 aromatic carbocycles. The van der Waals surface area contributed by atoms with Gasteiger partial charge in [0.2, 0.25) is 0 Å². The van der Waals surface area contributed by atoms with Gasteiger partial charge in [-0.3, -0.25) is 9.69 Å². The van der Waals surface area contributed by atoms with Gasteiger partial charge in [0.05, 0.1) is 0 Å². The fourth-order valence-electron chi connectivity index (χ4n) is 7.41. The van der Waals surface area contributed by atoms with Crippen molar-refractivity contribution in [1.82, 2.24) is 4.90 Å². The molecular formula is C25H44N2O2. The van der Waals surface area contributed by atoms with Crippen LogP contribution in [0.5, 0.6) is 0 Å². The third kappa shape index (κ3) is 5.55. The van der Waals surface area contributed by atoms with Crippen molar-refractivity contribution in [1.29, 1.82) is 0 Å². The Hall–Kier alpha value is -0.610. The lowest BCUT2D eigenvalue weighted by atomic mass is 9.71. The van der Waals surface area contributed by atoms with E-state index < -0.39 is 5.97 Å². The Kier molecular flexibility index (Phi) is 7.55. The van der Waals surface area contributed by atoms with E-state index in [0.29, 0.717) is 18.4 Å². The van der Waals surface area contributed by atoms with Crippen molar-refractivity contribution in [2.45, 2.75) is 121 Å². The molecule has 4 aliphatic rings. The molecule has 0 spiro atoms. The van der Waals surface area contributed by atoms with Crippen LogP contribution < -0.4 is 5.73 Å². The first-order valence-electron chi connectivity index (χ1n) is 12.8. The van der Waals surface area contributed by atoms with Crippen molar-refractivity contribution in [3.05, 3.63) is 0 Å². The molecule has 0 aromatic rings. The SMILES string of the molecule is NC1CCC(N2CC(CCC3CCCCC3)C3CC(CCC(=O)O)CCC32)CC1. The zero-order valence-electron chi connectivity index (χ0n) is 18.4. The standard InChI is InChI=1S/C25H44N2O2/c26-21-10-12-22(13-11-21)27-17-20(9-6-18-4-2-1-3-5-18)23-16-19(7-14-24(23)27)8-15-25(28)29/h18-24H,1-17,26H2,(H,28,29). The molecule has 166 valence electrons. The Morgan fingerprint density at radius 2 is 1.62 bits per heavy atom. The molecule has 4 nitrogen and oxygen atoms in total. The summed E-state index contributed by atoms with van der Waals surface area (Å²) < 4.78 is 0. The van der Waals surface area contributed by atoms with Crippen molar-refractivity contribution >= 4 is 5.97 Å². The van der Waals surface area contributed by atoms with Crippen LogP contribution in [0.1, 0.15) is 103 Å². The van der Waals surface area contributed by atoms with Gasteiger partial charge < -0.3 is 10.8 Å². The van der Waals surface area contributed by atoms with E-state index in [9.17, 15) is 4.79 Å². The molecule has 0 aromatic heterocycles. The highest BCUT2D eigenvalue weighted by atomic mass is 16.4. The van der Waals surface area contributed by atoms with E-state index in [4.69, 9.17) is 10.8 Å². The summed E-state index contributed by atoms with van der Waals surface area (Å²) in [5.41, 5.74) is 6.19. The summed E-state index contributed by atoms with van der Waals surface area (Å²) in [5.74, 6) is 2.68. The van der Waals surface area contributed by atoms with Gasteiger partial charge in [-0.2, -0.15) is 0 Å². The van der Waals surface area contributed by atoms with Crippen LogP contribution in [0.4, 0.5) is 0 Å². The molecule has 4 rings (SSSR count). The van der Waals surface area contributed by atoms with Crippen molar-refractivity contribution in [3.8, 4) is 0 Å². The van der Waals surface area contributed by atoms with Gasteiger partial charge in [0, 0.05) is 31.1 Å². The van der Waals surface area contributed by atoms with Crippen molar-refractivity contribution in [2.75, 3.05) is 6.54 Å². The van der Waals surface area contributed by atoms with Gasteiger partial charge in [-0.05, 0) is 81.5 Å². The third-order valence-electron chi connectivity index (χ3n) is 9.09. The van der Waals surface area contributed by atoms with Crippen LogP contribution in [0.15, 0.2) is 0 Å². The van der Waals surface area contributed by atoms with Gasteiger partial charge in [0.1, 0.15) is 0 Å². The molecule has 4 heteroatoms. The van der Waals surface area contributed by atoms with Crippen LogP contribution in [0.2, 0.25) is 0 Å². The maximum Gasteiger partial charge on any atom is 0.303 e. The van der Waals surface area contributed by atoms with Gasteiger partial charge in [-0.25, -0.2) is 0 Å². The summed E-state index contributed by atoms with van der Waals surface area (Å²) in [7, 11) is 0. The number of hydrogen-bond donors (Lipinski definition) is 2. The molecule has 3 aliphatic carbocycles. The molecule has 4 fully saturated rings. The van der Waals surface area contributed by atoms with Crippen molar-refractivity contribution in [3.63, 3.8) is 0 Å². The largest absolute Gasteiger partial charge is 0.481 e. The summed E-state index contributed by atoms with van der Waals surface area (Å²) in [6, 6.07) is 1.96. The lowest BCUT2D eigenvalue weighted by Gasteiger charge is -2.41. The number of nitrogens with zero attached hydrogens (tertiary/aromatic N) is 1. The maximum absolute atomic E-state index is 11.1. The molecule has 1 saturated heterocycles. The van der Waals surface area contributed by atoms with E-state index in [0.717, 1.165) is 36.3 Å². The van der Waals surface area contributed by atoms with Crippen LogP contribution in [0, 0.1) is 23.7 Å². The highest BCUT2D eigenvalue weighted by molar-refractivity contribution is 5.66. The molecule has 29 heavy (non-hydrogen) atoms. The molecule has 4 atom stereocenters. The Morgan fingerprint density at radius 3 is 2.34 bits per heavy atom. The quantitative estimate of drug-likeness (QED) is 0.612. The predicted molar refractivity (Wildman–Crippen MR) is 118 cm³/mol. The molecule has 3 saturated carbocycles. The topological polar surface area (TPSA) is 66.6 Å². The number of carboxylic acid groups (broad SMARTS) is 1. The first-order valence-corrected chi connectivity index (χ1v) is 12.8. The Morgan fingerprint density at radius 1 is 0.862 bits per heavy atom. The number of hydrogen-bond acceptors (Lipinski definition) is 3. The molecule has 3 N–H and O–H groups in total. The van der Waals surface area contributed by atoms with Crippen LogP contribution in [-0.2, 0) is 4.79 Å². The highest BCUT2D eigenvalue weighted by Crippen LogP contribution is 2.47. The van der Waals surface area contributed by atoms with Crippen molar-refractivity contribution < 1.29 is 9.90 Å². The van der Waals surface area contributed by atoms with Gasteiger partial charge in [-0.15, -0.1) is 0 Å². The summed E-state index contributed by atoms with van der Waals surface area (Å²) >= 11 is 0. The molecule has 1 heterocycles. The fourth-order valence-corrected chi connectivity index (χ4v) is 7.41. The molecule has 0 amide bonds. The fraction of sp³-hybridized carbons (Fsp3) is 0.960. The second-order valence-electron chi connectivity index (χ2n) is 10.9. The monoisotopic (exact) mass is 404 g/mol. The smallest absolute Gasteiger partial charge is 0.303 e. The van der Waals surface area contributed by atoms with Crippen LogP contribution in [-0.4, -0.2) is 40.6 Å². The van der Waals surface area contributed by atoms with Gasteiger partial charge in [-0.1, -0.05) is 38.5 Å². The van der Waals surface area contributed by atoms with Crippen LogP contribution in [0.3, 0.4) is 0 Å². The van der Waals surface area contributed by atoms with Crippen LogP contribution >= 0.6 is 0 Å². The zero-order chi connectivity index (χ0) is 20.2. The average Bonchev–Trinajstić information content (AvgIpc) is 3.10. The predicted octanol–water partition coefficient (Wildman–Crippen LogP) is 5.20. The molecule has 0 radical (unpaired) electrons. The zero-order valence-corrected chi connectivity index (χ0v) is 18.4. The molecule has 4 unspecified atom stereocenters. The number of likely N-dealkylation sites (tertiary alicyclic amines) is 1. The minimum absolute atomic E-state index is 0.360. The number of carbonyl (C=O) groups is 1. The average molecular weight is 405 g/mol. The van der Waals surface area contributed by atoms with Gasteiger partial charge >= 0.3 is 5.97 Å². The number of fused-ring (bicyclic) bond motifs is 1. The minimum Gasteiger partial charge on any atom is -0.481 e. The number of carboxylic acids is 1. The van der Waals surface area contributed by atoms with E-state index >= 15 is 0 Å². The Bertz CT molecular complexity index is 525. The number of aliphatic carboxylic acids is 1. The third-order valence-corrected chi connectivity index (χ3v) is 9.09. The normalized spacial score (nSPS) is 39.3. The van der Waals surface area contributed by atoms with E-state index in [2.05, 4.69) is 4.90 Å².